The van der Waals surface area contributed by atoms with Crippen LogP contribution in [0.2, 0.25) is 0 Å². The van der Waals surface area contributed by atoms with Gasteiger partial charge in [-0.1, -0.05) is 24.3 Å². The maximum absolute atomic E-state index is 4.33. The summed E-state index contributed by atoms with van der Waals surface area (Å²) < 4.78 is 2.28. The molecule has 3 rings (SSSR count). The molecule has 0 amide bonds. The summed E-state index contributed by atoms with van der Waals surface area (Å²) in [6.07, 6.45) is 5.04. The van der Waals surface area contributed by atoms with Crippen molar-refractivity contribution in [1.29, 1.82) is 0 Å². The maximum atomic E-state index is 4.33. The van der Waals surface area contributed by atoms with Gasteiger partial charge in [0.25, 0.3) is 0 Å². The van der Waals surface area contributed by atoms with Crippen molar-refractivity contribution in [1.82, 2.24) is 14.9 Å². The minimum Gasteiger partial charge on any atom is -0.330 e. The van der Waals surface area contributed by atoms with Crippen LogP contribution in [0.5, 0.6) is 0 Å². The van der Waals surface area contributed by atoms with Gasteiger partial charge in [-0.3, -0.25) is 0 Å². The van der Waals surface area contributed by atoms with E-state index in [9.17, 15) is 0 Å². The molecule has 0 spiro atoms. The SMILES string of the molecule is CNC1c2ccccc2CC1n1ccnc1C. The lowest BCUT2D eigenvalue weighted by molar-refractivity contribution is 0.396. The van der Waals surface area contributed by atoms with Gasteiger partial charge in [-0.15, -0.1) is 0 Å². The predicted octanol–water partition coefficient (Wildman–Crippen LogP) is 2.25. The van der Waals surface area contributed by atoms with Crippen LogP contribution in [0.4, 0.5) is 0 Å². The number of aromatic nitrogens is 2. The first-order valence-corrected chi connectivity index (χ1v) is 6.05. The lowest BCUT2D eigenvalue weighted by Gasteiger charge is -2.22. The van der Waals surface area contributed by atoms with Crippen molar-refractivity contribution < 1.29 is 0 Å². The molecule has 0 radical (unpaired) electrons. The summed E-state index contributed by atoms with van der Waals surface area (Å²) in [6.45, 7) is 2.07. The second-order valence-corrected chi connectivity index (χ2v) is 4.62. The summed E-state index contributed by atoms with van der Waals surface area (Å²) in [5.41, 5.74) is 2.87. The molecule has 0 bridgehead atoms. The number of hydrogen-bond acceptors (Lipinski definition) is 2. The fourth-order valence-electron chi connectivity index (χ4n) is 2.92. The Bertz CT molecular complexity index is 530. The minimum absolute atomic E-state index is 0.388. The van der Waals surface area contributed by atoms with Crippen LogP contribution in [0, 0.1) is 6.92 Å². The van der Waals surface area contributed by atoms with E-state index in [1.54, 1.807) is 0 Å². The minimum atomic E-state index is 0.388. The van der Waals surface area contributed by atoms with E-state index >= 15 is 0 Å². The van der Waals surface area contributed by atoms with Crippen molar-refractivity contribution in [3.05, 3.63) is 53.6 Å². The van der Waals surface area contributed by atoms with E-state index in [4.69, 9.17) is 0 Å². The Kier molecular flexibility index (Phi) is 2.48. The second kappa shape index (κ2) is 4.00. The highest BCUT2D eigenvalue weighted by molar-refractivity contribution is 5.36. The van der Waals surface area contributed by atoms with Crippen LogP contribution in [0.1, 0.15) is 29.0 Å². The number of rotatable bonds is 2. The van der Waals surface area contributed by atoms with Crippen molar-refractivity contribution in [3.8, 4) is 0 Å². The van der Waals surface area contributed by atoms with Crippen LogP contribution in [0.25, 0.3) is 0 Å². The van der Waals surface area contributed by atoms with E-state index in [2.05, 4.69) is 52.3 Å². The van der Waals surface area contributed by atoms with Crippen molar-refractivity contribution in [2.75, 3.05) is 7.05 Å². The van der Waals surface area contributed by atoms with E-state index in [1.807, 2.05) is 13.2 Å². The van der Waals surface area contributed by atoms with Crippen LogP contribution in [0.15, 0.2) is 36.7 Å². The zero-order valence-electron chi connectivity index (χ0n) is 10.2. The first kappa shape index (κ1) is 10.5. The quantitative estimate of drug-likeness (QED) is 0.852. The van der Waals surface area contributed by atoms with Crippen LogP contribution < -0.4 is 5.32 Å². The molecule has 2 aromatic rings. The van der Waals surface area contributed by atoms with Gasteiger partial charge in [0, 0.05) is 12.4 Å². The highest BCUT2D eigenvalue weighted by Crippen LogP contribution is 2.39. The summed E-state index contributed by atoms with van der Waals surface area (Å²) in [7, 11) is 2.03. The average molecular weight is 227 g/mol. The third-order valence-electron chi connectivity index (χ3n) is 3.73. The molecule has 1 aromatic heterocycles. The number of hydrogen-bond donors (Lipinski definition) is 1. The van der Waals surface area contributed by atoms with E-state index in [0.29, 0.717) is 12.1 Å². The van der Waals surface area contributed by atoms with E-state index in [1.165, 1.54) is 11.1 Å². The number of likely N-dealkylation sites (N-methyl/N-ethyl adjacent to an activating group) is 1. The lowest BCUT2D eigenvalue weighted by atomic mass is 10.1. The van der Waals surface area contributed by atoms with Gasteiger partial charge >= 0.3 is 0 Å². The van der Waals surface area contributed by atoms with Crippen molar-refractivity contribution in [2.24, 2.45) is 0 Å². The Morgan fingerprint density at radius 1 is 1.35 bits per heavy atom. The van der Waals surface area contributed by atoms with Gasteiger partial charge in [0.15, 0.2) is 0 Å². The van der Waals surface area contributed by atoms with Gasteiger partial charge in [-0.2, -0.15) is 0 Å². The number of benzene rings is 1. The zero-order chi connectivity index (χ0) is 11.8. The van der Waals surface area contributed by atoms with Crippen molar-refractivity contribution >= 4 is 0 Å². The topological polar surface area (TPSA) is 29.9 Å². The van der Waals surface area contributed by atoms with Crippen LogP contribution in [0.3, 0.4) is 0 Å². The van der Waals surface area contributed by atoms with Gasteiger partial charge in [0.2, 0.25) is 0 Å². The molecule has 0 aliphatic heterocycles. The van der Waals surface area contributed by atoms with E-state index < -0.39 is 0 Å². The largest absolute Gasteiger partial charge is 0.330 e. The second-order valence-electron chi connectivity index (χ2n) is 4.62. The molecule has 2 atom stereocenters. The van der Waals surface area contributed by atoms with E-state index in [0.717, 1.165) is 12.2 Å². The predicted molar refractivity (Wildman–Crippen MR) is 67.9 cm³/mol. The Labute approximate surface area is 101 Å². The van der Waals surface area contributed by atoms with Gasteiger partial charge in [-0.25, -0.2) is 4.98 Å². The maximum Gasteiger partial charge on any atom is 0.105 e. The summed E-state index contributed by atoms with van der Waals surface area (Å²) in [5.74, 6) is 1.09. The molecule has 1 heterocycles. The first-order chi connectivity index (χ1) is 8.31. The fraction of sp³-hybridized carbons (Fsp3) is 0.357. The zero-order valence-corrected chi connectivity index (χ0v) is 10.2. The Hall–Kier alpha value is -1.61. The number of fused-ring (bicyclic) bond motifs is 1. The molecule has 0 saturated carbocycles. The molecule has 1 aliphatic rings. The monoisotopic (exact) mass is 227 g/mol. The van der Waals surface area contributed by atoms with Crippen LogP contribution in [-0.4, -0.2) is 16.6 Å². The first-order valence-electron chi connectivity index (χ1n) is 6.05. The highest BCUT2D eigenvalue weighted by Gasteiger charge is 2.32. The molecule has 1 aromatic carbocycles. The lowest BCUT2D eigenvalue weighted by Crippen LogP contribution is -2.24. The van der Waals surface area contributed by atoms with Gasteiger partial charge in [0.05, 0.1) is 12.1 Å². The Balaban J connectivity index is 2.03. The number of nitrogens with one attached hydrogen (secondary N) is 1. The summed E-state index contributed by atoms with van der Waals surface area (Å²) in [5, 5.41) is 3.44. The fourth-order valence-corrected chi connectivity index (χ4v) is 2.92. The smallest absolute Gasteiger partial charge is 0.105 e. The molecule has 17 heavy (non-hydrogen) atoms. The molecule has 1 aliphatic carbocycles. The highest BCUT2D eigenvalue weighted by atomic mass is 15.1. The van der Waals surface area contributed by atoms with E-state index in [-0.39, 0.29) is 0 Å². The molecule has 3 nitrogen and oxygen atoms in total. The van der Waals surface area contributed by atoms with Gasteiger partial charge < -0.3 is 9.88 Å². The molecule has 3 heteroatoms. The molecule has 2 unspecified atom stereocenters. The molecule has 88 valence electrons. The Morgan fingerprint density at radius 2 is 2.18 bits per heavy atom. The average Bonchev–Trinajstić information content (AvgIpc) is 2.91. The van der Waals surface area contributed by atoms with Crippen molar-refractivity contribution in [3.63, 3.8) is 0 Å². The normalized spacial score (nSPS) is 22.7. The van der Waals surface area contributed by atoms with Gasteiger partial charge in [-0.05, 0) is 31.5 Å². The molecule has 0 saturated heterocycles. The summed E-state index contributed by atoms with van der Waals surface area (Å²) >= 11 is 0. The molecular formula is C14H17N3. The molecular weight excluding hydrogens is 210 g/mol. The molecule has 0 fully saturated rings. The molecule has 1 N–H and O–H groups in total. The number of aryl methyl sites for hydroxylation is 1. The van der Waals surface area contributed by atoms with Crippen LogP contribution >= 0.6 is 0 Å². The number of nitrogens with zero attached hydrogens (tertiary/aromatic N) is 2. The number of imidazole rings is 1. The van der Waals surface area contributed by atoms with Crippen molar-refractivity contribution in [2.45, 2.75) is 25.4 Å². The van der Waals surface area contributed by atoms with Crippen LogP contribution in [-0.2, 0) is 6.42 Å². The Morgan fingerprint density at radius 3 is 2.88 bits per heavy atom. The summed E-state index contributed by atoms with van der Waals surface area (Å²) in [6, 6.07) is 9.52. The third-order valence-corrected chi connectivity index (χ3v) is 3.73. The van der Waals surface area contributed by atoms with Gasteiger partial charge in [0.1, 0.15) is 5.82 Å². The standard InChI is InChI=1S/C14H17N3/c1-10-16-7-8-17(10)13-9-11-5-3-4-6-12(11)14(13)15-2/h3-8,13-15H,9H2,1-2H3. The third kappa shape index (κ3) is 1.58. The summed E-state index contributed by atoms with van der Waals surface area (Å²) in [4.78, 5) is 4.33.